The maximum atomic E-state index is 10.4. The van der Waals surface area contributed by atoms with Crippen LogP contribution in [0.15, 0.2) is 18.3 Å². The molecule has 0 saturated heterocycles. The van der Waals surface area contributed by atoms with Crippen LogP contribution in [0.5, 0.6) is 0 Å². The first-order valence-corrected chi connectivity index (χ1v) is 6.87. The zero-order valence-electron chi connectivity index (χ0n) is 11.4. The number of rotatable bonds is 5. The van der Waals surface area contributed by atoms with Crippen molar-refractivity contribution in [3.8, 4) is 0 Å². The topological polar surface area (TPSA) is 42.4 Å². The Morgan fingerprint density at radius 2 is 2.11 bits per heavy atom. The summed E-state index contributed by atoms with van der Waals surface area (Å²) in [6.45, 7) is 2.12. The minimum Gasteiger partial charge on any atom is -0.390 e. The second-order valence-corrected chi connectivity index (χ2v) is 5.21. The van der Waals surface area contributed by atoms with Crippen LogP contribution >= 0.6 is 0 Å². The minimum atomic E-state index is -0.454. The molecule has 1 fully saturated rings. The molecule has 100 valence electrons. The quantitative estimate of drug-likeness (QED) is 0.872. The highest BCUT2D eigenvalue weighted by atomic mass is 16.5. The number of hydrogen-bond acceptors (Lipinski definition) is 3. The largest absolute Gasteiger partial charge is 0.390 e. The molecule has 1 atom stereocenters. The van der Waals surface area contributed by atoms with Gasteiger partial charge >= 0.3 is 0 Å². The van der Waals surface area contributed by atoms with Gasteiger partial charge in [-0.25, -0.2) is 0 Å². The molecule has 1 aromatic rings. The molecular formula is C15H23NO2. The van der Waals surface area contributed by atoms with Crippen molar-refractivity contribution in [3.05, 3.63) is 29.6 Å². The van der Waals surface area contributed by atoms with Gasteiger partial charge < -0.3 is 9.84 Å². The highest BCUT2D eigenvalue weighted by Gasteiger charge is 2.40. The van der Waals surface area contributed by atoms with Crippen molar-refractivity contribution >= 4 is 0 Å². The fraction of sp³-hybridized carbons (Fsp3) is 0.667. The average Bonchev–Trinajstić information content (AvgIpc) is 2.89. The van der Waals surface area contributed by atoms with E-state index in [0.29, 0.717) is 6.42 Å². The van der Waals surface area contributed by atoms with Crippen LogP contribution in [0.2, 0.25) is 0 Å². The van der Waals surface area contributed by atoms with E-state index in [4.69, 9.17) is 4.74 Å². The van der Waals surface area contributed by atoms with Gasteiger partial charge in [-0.3, -0.25) is 4.98 Å². The number of nitrogens with zero attached hydrogens (tertiary/aromatic N) is 1. The molecule has 1 aliphatic carbocycles. The van der Waals surface area contributed by atoms with Gasteiger partial charge in [0.05, 0.1) is 11.7 Å². The number of aromatic nitrogens is 1. The Bertz CT molecular complexity index is 369. The van der Waals surface area contributed by atoms with Gasteiger partial charge in [-0.15, -0.1) is 0 Å². The monoisotopic (exact) mass is 249 g/mol. The number of pyridine rings is 1. The lowest BCUT2D eigenvalue weighted by molar-refractivity contribution is -0.0974. The Labute approximate surface area is 109 Å². The molecule has 2 rings (SSSR count). The fourth-order valence-electron chi connectivity index (χ4n) is 2.82. The van der Waals surface area contributed by atoms with Crippen LogP contribution in [0, 0.1) is 0 Å². The molecule has 0 aromatic carbocycles. The van der Waals surface area contributed by atoms with Gasteiger partial charge in [0.15, 0.2) is 0 Å². The highest BCUT2D eigenvalue weighted by Crippen LogP contribution is 2.36. The van der Waals surface area contributed by atoms with Gasteiger partial charge in [0.25, 0.3) is 0 Å². The first-order chi connectivity index (χ1) is 8.70. The van der Waals surface area contributed by atoms with Gasteiger partial charge in [-0.05, 0) is 30.9 Å². The second kappa shape index (κ2) is 5.81. The summed E-state index contributed by atoms with van der Waals surface area (Å²) in [5, 5.41) is 10.4. The summed E-state index contributed by atoms with van der Waals surface area (Å²) in [6.07, 6.45) is 7.23. The van der Waals surface area contributed by atoms with Crippen molar-refractivity contribution in [2.45, 2.75) is 57.2 Å². The molecule has 1 N–H and O–H groups in total. The average molecular weight is 249 g/mol. The zero-order chi connectivity index (χ0) is 13.0. The van der Waals surface area contributed by atoms with Gasteiger partial charge in [0, 0.05) is 25.4 Å². The number of ether oxygens (including phenoxy) is 1. The van der Waals surface area contributed by atoms with E-state index >= 15 is 0 Å². The maximum absolute atomic E-state index is 10.4. The minimum absolute atomic E-state index is 0.342. The zero-order valence-corrected chi connectivity index (χ0v) is 11.4. The van der Waals surface area contributed by atoms with Crippen LogP contribution in [0.25, 0.3) is 0 Å². The Morgan fingerprint density at radius 1 is 1.39 bits per heavy atom. The Hall–Kier alpha value is -0.930. The predicted octanol–water partition coefficient (Wildman–Crippen LogP) is 2.51. The lowest BCUT2D eigenvalue weighted by atomic mass is 9.91. The number of methoxy groups -OCH3 is 1. The number of aliphatic hydroxyl groups is 1. The molecule has 1 aromatic heterocycles. The molecule has 1 aliphatic rings. The van der Waals surface area contributed by atoms with Crippen molar-refractivity contribution in [1.82, 2.24) is 4.98 Å². The van der Waals surface area contributed by atoms with Crippen molar-refractivity contribution in [3.63, 3.8) is 0 Å². The van der Waals surface area contributed by atoms with Gasteiger partial charge in [0.2, 0.25) is 0 Å². The summed E-state index contributed by atoms with van der Waals surface area (Å²) >= 11 is 0. The Kier molecular flexibility index (Phi) is 4.36. The Morgan fingerprint density at radius 3 is 2.61 bits per heavy atom. The van der Waals surface area contributed by atoms with Gasteiger partial charge in [-0.2, -0.15) is 0 Å². The van der Waals surface area contributed by atoms with E-state index in [-0.39, 0.29) is 5.60 Å². The molecule has 1 unspecified atom stereocenters. The standard InChI is InChI=1S/C15H23NO2/c1-3-12-6-7-13(16-11-12)10-14(17)15(18-2)8-4-5-9-15/h6-7,11,14,17H,3-5,8-10H2,1-2H3. The van der Waals surface area contributed by atoms with Crippen molar-refractivity contribution in [2.24, 2.45) is 0 Å². The van der Waals surface area contributed by atoms with Crippen molar-refractivity contribution < 1.29 is 9.84 Å². The molecular weight excluding hydrogens is 226 g/mol. The first-order valence-electron chi connectivity index (χ1n) is 6.87. The van der Waals surface area contributed by atoms with E-state index in [0.717, 1.165) is 37.8 Å². The van der Waals surface area contributed by atoms with Crippen LogP contribution in [0.3, 0.4) is 0 Å². The summed E-state index contributed by atoms with van der Waals surface area (Å²) < 4.78 is 5.60. The molecule has 0 amide bonds. The summed E-state index contributed by atoms with van der Waals surface area (Å²) in [5.74, 6) is 0. The summed E-state index contributed by atoms with van der Waals surface area (Å²) in [7, 11) is 1.71. The van der Waals surface area contributed by atoms with E-state index in [9.17, 15) is 5.11 Å². The van der Waals surface area contributed by atoms with Crippen molar-refractivity contribution in [2.75, 3.05) is 7.11 Å². The van der Waals surface area contributed by atoms with Crippen molar-refractivity contribution in [1.29, 1.82) is 0 Å². The molecule has 0 aliphatic heterocycles. The van der Waals surface area contributed by atoms with Crippen LogP contribution in [0.4, 0.5) is 0 Å². The van der Waals surface area contributed by atoms with Crippen LogP contribution < -0.4 is 0 Å². The molecule has 3 heteroatoms. The summed E-state index contributed by atoms with van der Waals surface area (Å²) in [4.78, 5) is 4.41. The Balaban J connectivity index is 2.03. The predicted molar refractivity (Wildman–Crippen MR) is 71.5 cm³/mol. The normalized spacial score (nSPS) is 19.9. The molecule has 0 bridgehead atoms. The molecule has 0 radical (unpaired) electrons. The lowest BCUT2D eigenvalue weighted by Crippen LogP contribution is -2.43. The number of hydrogen-bond donors (Lipinski definition) is 1. The van der Waals surface area contributed by atoms with Gasteiger partial charge in [0.1, 0.15) is 0 Å². The number of aryl methyl sites for hydroxylation is 1. The van der Waals surface area contributed by atoms with E-state index in [1.807, 2.05) is 12.3 Å². The molecule has 18 heavy (non-hydrogen) atoms. The fourth-order valence-corrected chi connectivity index (χ4v) is 2.82. The second-order valence-electron chi connectivity index (χ2n) is 5.21. The van der Waals surface area contributed by atoms with Crippen LogP contribution in [-0.4, -0.2) is 28.9 Å². The summed E-state index contributed by atoms with van der Waals surface area (Å²) in [5.41, 5.74) is 1.84. The number of aliphatic hydroxyl groups excluding tert-OH is 1. The molecule has 0 spiro atoms. The summed E-state index contributed by atoms with van der Waals surface area (Å²) in [6, 6.07) is 4.10. The van der Waals surface area contributed by atoms with E-state index in [1.165, 1.54) is 5.56 Å². The van der Waals surface area contributed by atoms with Crippen LogP contribution in [0.1, 0.15) is 43.9 Å². The third-order valence-corrected chi connectivity index (χ3v) is 4.16. The maximum Gasteiger partial charge on any atom is 0.0940 e. The SMILES string of the molecule is CCc1ccc(CC(O)C2(OC)CCCC2)nc1. The molecule has 3 nitrogen and oxygen atoms in total. The van der Waals surface area contributed by atoms with E-state index in [2.05, 4.69) is 18.0 Å². The smallest absolute Gasteiger partial charge is 0.0940 e. The van der Waals surface area contributed by atoms with E-state index < -0.39 is 6.10 Å². The third-order valence-electron chi connectivity index (χ3n) is 4.16. The molecule has 1 saturated carbocycles. The van der Waals surface area contributed by atoms with E-state index in [1.54, 1.807) is 7.11 Å². The highest BCUT2D eigenvalue weighted by molar-refractivity contribution is 5.15. The van der Waals surface area contributed by atoms with Crippen LogP contribution in [-0.2, 0) is 17.6 Å². The molecule has 1 heterocycles. The third kappa shape index (κ3) is 2.73. The first kappa shape index (κ1) is 13.5. The van der Waals surface area contributed by atoms with Gasteiger partial charge in [-0.1, -0.05) is 25.8 Å². The lowest BCUT2D eigenvalue weighted by Gasteiger charge is -2.32.